The van der Waals surface area contributed by atoms with Crippen LogP contribution in [0.3, 0.4) is 0 Å². The lowest BCUT2D eigenvalue weighted by atomic mass is 9.86. The van der Waals surface area contributed by atoms with Crippen molar-refractivity contribution in [3.8, 4) is 5.75 Å². The molecule has 1 saturated heterocycles. The number of rotatable bonds is 3. The van der Waals surface area contributed by atoms with Crippen molar-refractivity contribution in [2.24, 2.45) is 5.92 Å². The van der Waals surface area contributed by atoms with Gasteiger partial charge in [-0.1, -0.05) is 18.2 Å². The fourth-order valence-corrected chi connectivity index (χ4v) is 2.46. The Labute approximate surface area is 95.5 Å². The van der Waals surface area contributed by atoms with E-state index in [4.69, 9.17) is 0 Å². The molecule has 88 valence electrons. The van der Waals surface area contributed by atoms with Crippen molar-refractivity contribution in [2.75, 3.05) is 13.1 Å². The summed E-state index contributed by atoms with van der Waals surface area (Å²) >= 11 is 0. The lowest BCUT2D eigenvalue weighted by Crippen LogP contribution is -2.21. The van der Waals surface area contributed by atoms with E-state index in [2.05, 4.69) is 5.32 Å². The maximum absolute atomic E-state index is 14.5. The van der Waals surface area contributed by atoms with Crippen molar-refractivity contribution in [3.05, 3.63) is 29.8 Å². The van der Waals surface area contributed by atoms with Crippen LogP contribution in [0.25, 0.3) is 0 Å². The summed E-state index contributed by atoms with van der Waals surface area (Å²) < 4.78 is 14.5. The average Bonchev–Trinajstić information content (AvgIpc) is 2.70. The number of alkyl halides is 1. The zero-order chi connectivity index (χ0) is 11.6. The summed E-state index contributed by atoms with van der Waals surface area (Å²) in [4.78, 5) is 0. The molecule has 16 heavy (non-hydrogen) atoms. The smallest absolute Gasteiger partial charge is 0.137 e. The minimum absolute atomic E-state index is 0.0541. The van der Waals surface area contributed by atoms with Crippen molar-refractivity contribution in [3.63, 3.8) is 0 Å². The number of halogens is 1. The lowest BCUT2D eigenvalue weighted by molar-refractivity contribution is 0.146. The van der Waals surface area contributed by atoms with Crippen LogP contribution >= 0.6 is 0 Å². The molecular formula is C13H18FNO. The molecule has 0 radical (unpaired) electrons. The Bertz CT molecular complexity index is 359. The summed E-state index contributed by atoms with van der Waals surface area (Å²) in [5, 5.41) is 12.9. The van der Waals surface area contributed by atoms with Crippen molar-refractivity contribution < 1.29 is 9.50 Å². The Hall–Kier alpha value is -1.09. The van der Waals surface area contributed by atoms with Crippen LogP contribution in [0.1, 0.15) is 25.3 Å². The SMILES string of the molecule is CC(F)(CC1CCNC1)c1ccccc1O. The fraction of sp³-hybridized carbons (Fsp3) is 0.538. The Balaban J connectivity index is 2.14. The van der Waals surface area contributed by atoms with Crippen molar-refractivity contribution in [1.82, 2.24) is 5.32 Å². The summed E-state index contributed by atoms with van der Waals surface area (Å²) in [5.74, 6) is 0.424. The third-order valence-corrected chi connectivity index (χ3v) is 3.30. The second-order valence-electron chi connectivity index (χ2n) is 4.78. The van der Waals surface area contributed by atoms with Crippen LogP contribution in [-0.4, -0.2) is 18.2 Å². The molecule has 0 saturated carbocycles. The van der Waals surface area contributed by atoms with Crippen LogP contribution in [0.15, 0.2) is 24.3 Å². The molecular weight excluding hydrogens is 205 g/mol. The quantitative estimate of drug-likeness (QED) is 0.825. The second-order valence-corrected chi connectivity index (χ2v) is 4.78. The van der Waals surface area contributed by atoms with Gasteiger partial charge < -0.3 is 10.4 Å². The summed E-state index contributed by atoms with van der Waals surface area (Å²) in [7, 11) is 0. The van der Waals surface area contributed by atoms with E-state index in [0.29, 0.717) is 17.9 Å². The van der Waals surface area contributed by atoms with Gasteiger partial charge in [0.15, 0.2) is 0 Å². The molecule has 1 aliphatic heterocycles. The Morgan fingerprint density at radius 1 is 1.50 bits per heavy atom. The van der Waals surface area contributed by atoms with Gasteiger partial charge in [-0.2, -0.15) is 0 Å². The van der Waals surface area contributed by atoms with Crippen LogP contribution in [0.2, 0.25) is 0 Å². The van der Waals surface area contributed by atoms with Crippen LogP contribution in [0.4, 0.5) is 4.39 Å². The van der Waals surface area contributed by atoms with Crippen LogP contribution in [-0.2, 0) is 5.67 Å². The molecule has 2 unspecified atom stereocenters. The molecule has 2 atom stereocenters. The molecule has 2 rings (SSSR count). The highest BCUT2D eigenvalue weighted by atomic mass is 19.1. The molecule has 0 aromatic heterocycles. The fourth-order valence-electron chi connectivity index (χ4n) is 2.46. The molecule has 3 heteroatoms. The summed E-state index contributed by atoms with van der Waals surface area (Å²) in [6.45, 7) is 3.41. The van der Waals surface area contributed by atoms with E-state index in [1.165, 1.54) is 0 Å². The Morgan fingerprint density at radius 2 is 2.25 bits per heavy atom. The maximum Gasteiger partial charge on any atom is 0.137 e. The van der Waals surface area contributed by atoms with Gasteiger partial charge in [-0.15, -0.1) is 0 Å². The van der Waals surface area contributed by atoms with E-state index in [-0.39, 0.29) is 5.75 Å². The van der Waals surface area contributed by atoms with Gasteiger partial charge in [-0.3, -0.25) is 0 Å². The van der Waals surface area contributed by atoms with Gasteiger partial charge in [0.25, 0.3) is 0 Å². The molecule has 1 aromatic carbocycles. The van der Waals surface area contributed by atoms with E-state index in [9.17, 15) is 9.50 Å². The number of phenolic OH excluding ortho intramolecular Hbond substituents is 1. The molecule has 0 aliphatic carbocycles. The van der Waals surface area contributed by atoms with Gasteiger partial charge in [0, 0.05) is 5.56 Å². The normalized spacial score (nSPS) is 24.2. The molecule has 1 fully saturated rings. The Morgan fingerprint density at radius 3 is 2.88 bits per heavy atom. The standard InChI is InChI=1S/C13H18FNO/c1-13(14,8-10-6-7-15-9-10)11-4-2-3-5-12(11)16/h2-5,10,15-16H,6-9H2,1H3. The highest BCUT2D eigenvalue weighted by Crippen LogP contribution is 2.38. The topological polar surface area (TPSA) is 32.3 Å². The minimum Gasteiger partial charge on any atom is -0.508 e. The molecule has 2 nitrogen and oxygen atoms in total. The van der Waals surface area contributed by atoms with Gasteiger partial charge in [0.2, 0.25) is 0 Å². The molecule has 0 bridgehead atoms. The number of aromatic hydroxyl groups is 1. The first-order valence-corrected chi connectivity index (χ1v) is 5.78. The van der Waals surface area contributed by atoms with Crippen LogP contribution in [0, 0.1) is 5.92 Å². The van der Waals surface area contributed by atoms with Crippen molar-refractivity contribution in [2.45, 2.75) is 25.4 Å². The average molecular weight is 223 g/mol. The summed E-state index contributed by atoms with van der Waals surface area (Å²) in [6.07, 6.45) is 1.49. The molecule has 0 spiro atoms. The lowest BCUT2D eigenvalue weighted by Gasteiger charge is -2.24. The van der Waals surface area contributed by atoms with Gasteiger partial charge in [0.05, 0.1) is 0 Å². The first-order chi connectivity index (χ1) is 7.59. The van der Waals surface area contributed by atoms with Crippen LogP contribution in [0.5, 0.6) is 5.75 Å². The molecule has 1 aromatic rings. The van der Waals surface area contributed by atoms with Crippen molar-refractivity contribution >= 4 is 0 Å². The summed E-state index contributed by atoms with van der Waals surface area (Å²) in [5.41, 5.74) is -1.04. The first-order valence-electron chi connectivity index (χ1n) is 5.78. The number of nitrogens with one attached hydrogen (secondary N) is 1. The van der Waals surface area contributed by atoms with E-state index in [0.717, 1.165) is 19.5 Å². The second kappa shape index (κ2) is 4.42. The molecule has 2 N–H and O–H groups in total. The van der Waals surface area contributed by atoms with E-state index < -0.39 is 5.67 Å². The third-order valence-electron chi connectivity index (χ3n) is 3.30. The van der Waals surface area contributed by atoms with Gasteiger partial charge in [-0.05, 0) is 44.8 Å². The largest absolute Gasteiger partial charge is 0.508 e. The van der Waals surface area contributed by atoms with Gasteiger partial charge >= 0.3 is 0 Å². The van der Waals surface area contributed by atoms with Gasteiger partial charge in [0.1, 0.15) is 11.4 Å². The number of hydrogen-bond acceptors (Lipinski definition) is 2. The monoisotopic (exact) mass is 223 g/mol. The van der Waals surface area contributed by atoms with E-state index >= 15 is 0 Å². The van der Waals surface area contributed by atoms with Gasteiger partial charge in [-0.25, -0.2) is 4.39 Å². The zero-order valence-corrected chi connectivity index (χ0v) is 9.54. The van der Waals surface area contributed by atoms with E-state index in [1.54, 1.807) is 31.2 Å². The first kappa shape index (κ1) is 11.4. The maximum atomic E-state index is 14.5. The van der Waals surface area contributed by atoms with Crippen molar-refractivity contribution in [1.29, 1.82) is 0 Å². The highest BCUT2D eigenvalue weighted by molar-refractivity contribution is 5.36. The number of benzene rings is 1. The molecule has 1 aliphatic rings. The molecule has 0 amide bonds. The zero-order valence-electron chi connectivity index (χ0n) is 9.54. The number of hydrogen-bond donors (Lipinski definition) is 2. The minimum atomic E-state index is -1.44. The molecule has 1 heterocycles. The Kier molecular flexibility index (Phi) is 3.15. The number of phenols is 1. The number of para-hydroxylation sites is 1. The highest BCUT2D eigenvalue weighted by Gasteiger charge is 2.32. The predicted molar refractivity (Wildman–Crippen MR) is 62.2 cm³/mol. The third kappa shape index (κ3) is 2.35. The van der Waals surface area contributed by atoms with E-state index in [1.807, 2.05) is 0 Å². The summed E-state index contributed by atoms with van der Waals surface area (Å²) in [6, 6.07) is 6.68. The van der Waals surface area contributed by atoms with Crippen LogP contribution < -0.4 is 5.32 Å². The predicted octanol–water partition coefficient (Wildman–Crippen LogP) is 2.58.